The SMILES string of the molecule is CCN(CC=O)c1ccc(N=Nc2ccc(N=Nc3ccc([N+](=O)[O-])cc3)c(CO)c2)cc1. The molecule has 0 unspecified atom stereocenters. The molecule has 33 heavy (non-hydrogen) atoms. The summed E-state index contributed by atoms with van der Waals surface area (Å²) in [6.45, 7) is 2.76. The lowest BCUT2D eigenvalue weighted by Gasteiger charge is -2.19. The van der Waals surface area contributed by atoms with E-state index >= 15 is 0 Å². The highest BCUT2D eigenvalue weighted by molar-refractivity contribution is 5.62. The minimum atomic E-state index is -0.486. The minimum Gasteiger partial charge on any atom is -0.392 e. The molecule has 3 aromatic carbocycles. The van der Waals surface area contributed by atoms with Gasteiger partial charge in [-0.2, -0.15) is 20.5 Å². The predicted molar refractivity (Wildman–Crippen MR) is 124 cm³/mol. The molecule has 0 aliphatic rings. The van der Waals surface area contributed by atoms with Crippen LogP contribution in [0, 0.1) is 10.1 Å². The number of nitro groups is 1. The molecule has 0 aliphatic heterocycles. The second kappa shape index (κ2) is 11.3. The van der Waals surface area contributed by atoms with Gasteiger partial charge in [-0.25, -0.2) is 0 Å². The zero-order chi connectivity index (χ0) is 23.6. The van der Waals surface area contributed by atoms with E-state index < -0.39 is 4.92 Å². The molecule has 0 amide bonds. The Bertz CT molecular complexity index is 1160. The van der Waals surface area contributed by atoms with Gasteiger partial charge in [-0.3, -0.25) is 10.1 Å². The number of aliphatic hydroxyl groups is 1. The highest BCUT2D eigenvalue weighted by atomic mass is 16.6. The topological polar surface area (TPSA) is 133 Å². The summed E-state index contributed by atoms with van der Waals surface area (Å²) in [5, 5.41) is 37.0. The molecule has 0 saturated carbocycles. The summed E-state index contributed by atoms with van der Waals surface area (Å²) in [5.41, 5.74) is 3.49. The van der Waals surface area contributed by atoms with E-state index in [1.807, 2.05) is 36.1 Å². The Labute approximate surface area is 190 Å². The number of benzene rings is 3. The van der Waals surface area contributed by atoms with Gasteiger partial charge in [-0.15, -0.1) is 0 Å². The van der Waals surface area contributed by atoms with Crippen LogP contribution in [0.4, 0.5) is 34.1 Å². The number of hydrogen-bond acceptors (Lipinski definition) is 9. The molecule has 10 nitrogen and oxygen atoms in total. The van der Waals surface area contributed by atoms with Crippen LogP contribution in [-0.4, -0.2) is 29.4 Å². The van der Waals surface area contributed by atoms with Gasteiger partial charge < -0.3 is 14.8 Å². The molecular formula is C23H22N6O4. The molecule has 0 aromatic heterocycles. The zero-order valence-electron chi connectivity index (χ0n) is 17.9. The van der Waals surface area contributed by atoms with Gasteiger partial charge in [0.05, 0.1) is 40.8 Å². The molecule has 3 aromatic rings. The average molecular weight is 446 g/mol. The molecule has 0 heterocycles. The zero-order valence-corrected chi connectivity index (χ0v) is 17.9. The van der Waals surface area contributed by atoms with Crippen LogP contribution >= 0.6 is 0 Å². The van der Waals surface area contributed by atoms with Crippen LogP contribution in [-0.2, 0) is 11.4 Å². The van der Waals surface area contributed by atoms with E-state index in [0.717, 1.165) is 18.5 Å². The third-order valence-corrected chi connectivity index (χ3v) is 4.74. The highest BCUT2D eigenvalue weighted by Crippen LogP contribution is 2.29. The Balaban J connectivity index is 1.72. The van der Waals surface area contributed by atoms with Gasteiger partial charge in [0.15, 0.2) is 0 Å². The maximum absolute atomic E-state index is 10.8. The fourth-order valence-corrected chi connectivity index (χ4v) is 2.96. The van der Waals surface area contributed by atoms with Crippen LogP contribution in [0.5, 0.6) is 0 Å². The van der Waals surface area contributed by atoms with Crippen LogP contribution in [0.1, 0.15) is 12.5 Å². The van der Waals surface area contributed by atoms with Gasteiger partial charge in [-0.05, 0) is 61.5 Å². The predicted octanol–water partition coefficient (Wildman–Crippen LogP) is 5.94. The number of anilines is 1. The Hall–Kier alpha value is -4.31. The van der Waals surface area contributed by atoms with Crippen LogP contribution < -0.4 is 4.90 Å². The molecule has 3 rings (SSSR count). The van der Waals surface area contributed by atoms with E-state index in [-0.39, 0.29) is 12.3 Å². The first-order chi connectivity index (χ1) is 16.0. The average Bonchev–Trinajstić information content (AvgIpc) is 2.85. The summed E-state index contributed by atoms with van der Waals surface area (Å²) in [6.07, 6.45) is 0.866. The van der Waals surface area contributed by atoms with Crippen molar-refractivity contribution < 1.29 is 14.8 Å². The second-order valence-corrected chi connectivity index (χ2v) is 6.87. The minimum absolute atomic E-state index is 0.0296. The summed E-state index contributed by atoms with van der Waals surface area (Å²) in [7, 11) is 0. The standard InChI is InChI=1S/C23H22N6O4/c1-2-28(13-14-30)21-8-3-18(4-9-21)24-26-20-7-12-23(17(15-20)16-31)27-25-19-5-10-22(11-6-19)29(32)33/h3-12,14-15,31H,2,13,16H2,1H3. The van der Waals surface area contributed by atoms with Gasteiger partial charge in [0.25, 0.3) is 5.69 Å². The summed E-state index contributed by atoms with van der Waals surface area (Å²) in [6, 6.07) is 18.1. The van der Waals surface area contributed by atoms with E-state index in [0.29, 0.717) is 34.9 Å². The molecule has 0 spiro atoms. The molecule has 0 fully saturated rings. The largest absolute Gasteiger partial charge is 0.392 e. The quantitative estimate of drug-likeness (QED) is 0.178. The number of aldehydes is 1. The van der Waals surface area contributed by atoms with E-state index in [1.54, 1.807) is 18.2 Å². The first-order valence-corrected chi connectivity index (χ1v) is 10.1. The second-order valence-electron chi connectivity index (χ2n) is 6.87. The van der Waals surface area contributed by atoms with Crippen LogP contribution in [0.25, 0.3) is 0 Å². The van der Waals surface area contributed by atoms with Gasteiger partial charge in [0, 0.05) is 29.9 Å². The van der Waals surface area contributed by atoms with E-state index in [1.165, 1.54) is 24.3 Å². The number of nitrogens with zero attached hydrogens (tertiary/aromatic N) is 6. The van der Waals surface area contributed by atoms with Crippen molar-refractivity contribution >= 4 is 40.4 Å². The van der Waals surface area contributed by atoms with Crippen LogP contribution in [0.3, 0.4) is 0 Å². The number of nitro benzene ring substituents is 1. The first kappa shape index (κ1) is 23.4. The third kappa shape index (κ3) is 6.34. The molecular weight excluding hydrogens is 424 g/mol. The normalized spacial score (nSPS) is 11.2. The number of aliphatic hydroxyl groups excluding tert-OH is 1. The maximum atomic E-state index is 10.8. The fraction of sp³-hybridized carbons (Fsp3) is 0.174. The number of non-ortho nitro benzene ring substituents is 1. The number of hydrogen-bond donors (Lipinski definition) is 1. The van der Waals surface area contributed by atoms with Crippen LogP contribution in [0.2, 0.25) is 0 Å². The number of azo groups is 2. The monoisotopic (exact) mass is 446 g/mol. The Kier molecular flexibility index (Phi) is 8.03. The summed E-state index contributed by atoms with van der Waals surface area (Å²) < 4.78 is 0. The van der Waals surface area contributed by atoms with Gasteiger partial charge in [0.2, 0.25) is 0 Å². The molecule has 1 N–H and O–H groups in total. The number of carbonyl (C=O) groups excluding carboxylic acids is 1. The molecule has 0 aliphatic carbocycles. The Morgan fingerprint density at radius 2 is 1.48 bits per heavy atom. The van der Waals surface area contributed by atoms with Crippen molar-refractivity contribution in [3.63, 3.8) is 0 Å². The first-order valence-electron chi connectivity index (χ1n) is 10.1. The third-order valence-electron chi connectivity index (χ3n) is 4.74. The molecule has 168 valence electrons. The van der Waals surface area contributed by atoms with Crippen molar-refractivity contribution in [3.05, 3.63) is 82.4 Å². The number of rotatable bonds is 10. The summed E-state index contributed by atoms with van der Waals surface area (Å²) in [4.78, 5) is 22.9. The van der Waals surface area contributed by atoms with E-state index in [2.05, 4.69) is 20.5 Å². The summed E-state index contributed by atoms with van der Waals surface area (Å²) >= 11 is 0. The van der Waals surface area contributed by atoms with Crippen LogP contribution in [0.15, 0.2) is 87.2 Å². The lowest BCUT2D eigenvalue weighted by atomic mass is 10.2. The van der Waals surface area contributed by atoms with Gasteiger partial charge >= 0.3 is 0 Å². The van der Waals surface area contributed by atoms with Crippen molar-refractivity contribution in [1.29, 1.82) is 0 Å². The number of carbonyl (C=O) groups is 1. The Morgan fingerprint density at radius 1 is 0.909 bits per heavy atom. The number of likely N-dealkylation sites (N-methyl/N-ethyl adjacent to an activating group) is 1. The van der Waals surface area contributed by atoms with Crippen molar-refractivity contribution in [2.75, 3.05) is 18.0 Å². The van der Waals surface area contributed by atoms with Gasteiger partial charge in [-0.1, -0.05) is 0 Å². The van der Waals surface area contributed by atoms with E-state index in [9.17, 15) is 20.0 Å². The van der Waals surface area contributed by atoms with Gasteiger partial charge in [0.1, 0.15) is 6.29 Å². The molecule has 10 heteroatoms. The smallest absolute Gasteiger partial charge is 0.269 e. The molecule has 0 saturated heterocycles. The molecule has 0 radical (unpaired) electrons. The van der Waals surface area contributed by atoms with Crippen molar-refractivity contribution in [3.8, 4) is 0 Å². The van der Waals surface area contributed by atoms with Crippen molar-refractivity contribution in [2.24, 2.45) is 20.5 Å². The van der Waals surface area contributed by atoms with E-state index in [4.69, 9.17) is 0 Å². The lowest BCUT2D eigenvalue weighted by molar-refractivity contribution is -0.384. The van der Waals surface area contributed by atoms with Crippen molar-refractivity contribution in [2.45, 2.75) is 13.5 Å². The highest BCUT2D eigenvalue weighted by Gasteiger charge is 2.06. The fourth-order valence-electron chi connectivity index (χ4n) is 2.96. The van der Waals surface area contributed by atoms with Crippen molar-refractivity contribution in [1.82, 2.24) is 0 Å². The molecule has 0 bridgehead atoms. The summed E-state index contributed by atoms with van der Waals surface area (Å²) in [5.74, 6) is 0. The Morgan fingerprint density at radius 3 is 2.06 bits per heavy atom. The maximum Gasteiger partial charge on any atom is 0.269 e. The lowest BCUT2D eigenvalue weighted by Crippen LogP contribution is -2.24. The molecule has 0 atom stereocenters.